The van der Waals surface area contributed by atoms with Crippen LogP contribution in [0.15, 0.2) is 40.9 Å². The molecule has 0 radical (unpaired) electrons. The molecule has 0 saturated carbocycles. The number of halogens is 1. The second-order valence-electron chi connectivity index (χ2n) is 5.99. The predicted molar refractivity (Wildman–Crippen MR) is 96.9 cm³/mol. The van der Waals surface area contributed by atoms with Gasteiger partial charge in [0, 0.05) is 28.8 Å². The van der Waals surface area contributed by atoms with Crippen molar-refractivity contribution in [2.45, 2.75) is 20.3 Å². The van der Waals surface area contributed by atoms with Crippen LogP contribution < -0.4 is 10.2 Å². The Morgan fingerprint density at radius 2 is 2.08 bits per heavy atom. The van der Waals surface area contributed by atoms with Crippen LogP contribution in [0.3, 0.4) is 0 Å². The van der Waals surface area contributed by atoms with Gasteiger partial charge in [-0.05, 0) is 49.7 Å². The molecule has 2 amide bonds. The van der Waals surface area contributed by atoms with Gasteiger partial charge in [-0.1, -0.05) is 22.0 Å². The van der Waals surface area contributed by atoms with Crippen LogP contribution in [0.2, 0.25) is 0 Å². The summed E-state index contributed by atoms with van der Waals surface area (Å²) in [5.41, 5.74) is 2.69. The van der Waals surface area contributed by atoms with E-state index in [2.05, 4.69) is 26.2 Å². The topological polar surface area (TPSA) is 62.3 Å². The highest BCUT2D eigenvalue weighted by Gasteiger charge is 2.35. The van der Waals surface area contributed by atoms with Crippen LogP contribution in [-0.2, 0) is 9.59 Å². The number of nitrogens with one attached hydrogen (secondary N) is 1. The lowest BCUT2D eigenvalue weighted by Crippen LogP contribution is -2.28. The Morgan fingerprint density at radius 1 is 1.29 bits per heavy atom. The number of anilines is 2. The first-order valence-corrected chi connectivity index (χ1v) is 8.54. The maximum atomic E-state index is 12.4. The van der Waals surface area contributed by atoms with Crippen LogP contribution in [0.5, 0.6) is 0 Å². The first-order valence-electron chi connectivity index (χ1n) is 7.75. The number of pyridine rings is 1. The summed E-state index contributed by atoms with van der Waals surface area (Å²) in [5.74, 6) is -0.0509. The van der Waals surface area contributed by atoms with Crippen LogP contribution in [0.1, 0.15) is 17.7 Å². The summed E-state index contributed by atoms with van der Waals surface area (Å²) in [7, 11) is 0. The third kappa shape index (κ3) is 3.48. The first-order chi connectivity index (χ1) is 11.4. The molecule has 6 heteroatoms. The molecular weight excluding hydrogens is 370 g/mol. The molecule has 0 spiro atoms. The minimum absolute atomic E-state index is 0.0298. The van der Waals surface area contributed by atoms with E-state index in [9.17, 15) is 9.59 Å². The van der Waals surface area contributed by atoms with E-state index in [4.69, 9.17) is 0 Å². The van der Waals surface area contributed by atoms with E-state index in [1.165, 1.54) is 0 Å². The number of aryl methyl sites for hydroxylation is 2. The Hall–Kier alpha value is -2.21. The Bertz CT molecular complexity index is 807. The summed E-state index contributed by atoms with van der Waals surface area (Å²) in [4.78, 5) is 30.8. The molecule has 124 valence electrons. The smallest absolute Gasteiger partial charge is 0.230 e. The number of hydrogen-bond acceptors (Lipinski definition) is 3. The normalized spacial score (nSPS) is 17.2. The van der Waals surface area contributed by atoms with Gasteiger partial charge in [0.2, 0.25) is 11.8 Å². The molecule has 1 atom stereocenters. The number of amides is 2. The third-order valence-corrected chi connectivity index (χ3v) is 4.58. The molecule has 1 aliphatic rings. The first kappa shape index (κ1) is 16.6. The van der Waals surface area contributed by atoms with Crippen molar-refractivity contribution in [1.29, 1.82) is 0 Å². The Kier molecular flexibility index (Phi) is 4.66. The summed E-state index contributed by atoms with van der Waals surface area (Å²) in [5, 5.41) is 2.80. The Labute approximate surface area is 149 Å². The molecule has 1 aliphatic heterocycles. The van der Waals surface area contributed by atoms with Gasteiger partial charge >= 0.3 is 0 Å². The lowest BCUT2D eigenvalue weighted by atomic mass is 10.1. The molecule has 1 fully saturated rings. The molecule has 24 heavy (non-hydrogen) atoms. The number of benzene rings is 1. The van der Waals surface area contributed by atoms with Gasteiger partial charge in [0.1, 0.15) is 5.82 Å². The van der Waals surface area contributed by atoms with Gasteiger partial charge in [0.25, 0.3) is 0 Å². The summed E-state index contributed by atoms with van der Waals surface area (Å²) >= 11 is 3.42. The zero-order valence-electron chi connectivity index (χ0n) is 13.5. The molecule has 2 heterocycles. The zero-order valence-corrected chi connectivity index (χ0v) is 15.1. The highest BCUT2D eigenvalue weighted by molar-refractivity contribution is 9.10. The average molecular weight is 388 g/mol. The van der Waals surface area contributed by atoms with Crippen LogP contribution in [-0.4, -0.2) is 23.3 Å². The van der Waals surface area contributed by atoms with Gasteiger partial charge < -0.3 is 10.2 Å². The molecule has 3 rings (SSSR count). The lowest BCUT2D eigenvalue weighted by molar-refractivity contribution is -0.122. The highest BCUT2D eigenvalue weighted by Crippen LogP contribution is 2.30. The van der Waals surface area contributed by atoms with E-state index in [-0.39, 0.29) is 24.2 Å². The zero-order chi connectivity index (χ0) is 17.3. The predicted octanol–water partition coefficient (Wildman–Crippen LogP) is 3.45. The summed E-state index contributed by atoms with van der Waals surface area (Å²) < 4.78 is 0.968. The fraction of sp³-hybridized carbons (Fsp3) is 0.278. The Morgan fingerprint density at radius 3 is 2.79 bits per heavy atom. The van der Waals surface area contributed by atoms with Gasteiger partial charge in [-0.2, -0.15) is 0 Å². The van der Waals surface area contributed by atoms with Gasteiger partial charge in [-0.3, -0.25) is 9.59 Å². The van der Waals surface area contributed by atoms with Crippen molar-refractivity contribution in [2.24, 2.45) is 5.92 Å². The van der Waals surface area contributed by atoms with Crippen molar-refractivity contribution < 1.29 is 9.59 Å². The van der Waals surface area contributed by atoms with Crippen molar-refractivity contribution in [1.82, 2.24) is 4.98 Å². The number of carbonyl (C=O) groups excluding carboxylic acids is 2. The SMILES string of the molecule is Cc1cccc(NC(=O)[C@@H]2CC(=O)N(c3ccc(Br)cc3C)C2)n1. The van der Waals surface area contributed by atoms with Crippen LogP contribution in [0.25, 0.3) is 0 Å². The lowest BCUT2D eigenvalue weighted by Gasteiger charge is -2.19. The standard InChI is InChI=1S/C18H18BrN3O2/c1-11-8-14(19)6-7-15(11)22-10-13(9-17(22)23)18(24)21-16-5-3-4-12(2)20-16/h3-8,13H,9-10H2,1-2H3,(H,20,21,24)/t13-/m1/s1. The minimum Gasteiger partial charge on any atom is -0.311 e. The van der Waals surface area contributed by atoms with Gasteiger partial charge in [0.15, 0.2) is 0 Å². The maximum Gasteiger partial charge on any atom is 0.230 e. The van der Waals surface area contributed by atoms with E-state index >= 15 is 0 Å². The van der Waals surface area contributed by atoms with Crippen LogP contribution in [0, 0.1) is 19.8 Å². The fourth-order valence-corrected chi connectivity index (χ4v) is 3.35. The molecule has 0 aliphatic carbocycles. The highest BCUT2D eigenvalue weighted by atomic mass is 79.9. The minimum atomic E-state index is -0.372. The summed E-state index contributed by atoms with van der Waals surface area (Å²) in [6.07, 6.45) is 0.215. The van der Waals surface area contributed by atoms with Crippen molar-refractivity contribution in [2.75, 3.05) is 16.8 Å². The monoisotopic (exact) mass is 387 g/mol. The second-order valence-corrected chi connectivity index (χ2v) is 6.91. The largest absolute Gasteiger partial charge is 0.311 e. The molecule has 2 aromatic rings. The molecule has 1 N–H and O–H groups in total. The van der Waals surface area contributed by atoms with Gasteiger partial charge in [0.05, 0.1) is 5.92 Å². The molecule has 1 aromatic heterocycles. The van der Waals surface area contributed by atoms with Crippen molar-refractivity contribution >= 4 is 39.2 Å². The molecule has 5 nitrogen and oxygen atoms in total. The molecular formula is C18H18BrN3O2. The summed E-state index contributed by atoms with van der Waals surface area (Å²) in [6.45, 7) is 4.21. The molecule has 0 unspecified atom stereocenters. The average Bonchev–Trinajstić information content (AvgIpc) is 2.89. The van der Waals surface area contributed by atoms with Crippen molar-refractivity contribution in [3.8, 4) is 0 Å². The van der Waals surface area contributed by atoms with E-state index < -0.39 is 0 Å². The van der Waals surface area contributed by atoms with Crippen LogP contribution >= 0.6 is 15.9 Å². The van der Waals surface area contributed by atoms with E-state index in [0.717, 1.165) is 21.4 Å². The second kappa shape index (κ2) is 6.73. The van der Waals surface area contributed by atoms with E-state index in [0.29, 0.717) is 12.4 Å². The fourth-order valence-electron chi connectivity index (χ4n) is 2.88. The number of hydrogen-bond donors (Lipinski definition) is 1. The van der Waals surface area contributed by atoms with Gasteiger partial charge in [-0.25, -0.2) is 4.98 Å². The quantitative estimate of drug-likeness (QED) is 0.876. The van der Waals surface area contributed by atoms with Gasteiger partial charge in [-0.15, -0.1) is 0 Å². The molecule has 1 saturated heterocycles. The molecule has 0 bridgehead atoms. The van der Waals surface area contributed by atoms with Crippen molar-refractivity contribution in [3.63, 3.8) is 0 Å². The van der Waals surface area contributed by atoms with Crippen molar-refractivity contribution in [3.05, 3.63) is 52.1 Å². The van der Waals surface area contributed by atoms with E-state index in [1.54, 1.807) is 11.0 Å². The number of nitrogens with zero attached hydrogens (tertiary/aromatic N) is 2. The maximum absolute atomic E-state index is 12.4. The Balaban J connectivity index is 1.73. The third-order valence-electron chi connectivity index (χ3n) is 4.09. The number of rotatable bonds is 3. The molecule has 1 aromatic carbocycles. The summed E-state index contributed by atoms with van der Waals surface area (Å²) in [6, 6.07) is 11.2. The van der Waals surface area contributed by atoms with E-state index in [1.807, 2.05) is 44.2 Å². The number of aromatic nitrogens is 1. The number of carbonyl (C=O) groups is 2. The van der Waals surface area contributed by atoms with Crippen LogP contribution in [0.4, 0.5) is 11.5 Å².